The van der Waals surface area contributed by atoms with Crippen molar-refractivity contribution in [3.05, 3.63) is 17.5 Å². The van der Waals surface area contributed by atoms with Crippen LogP contribution in [0.15, 0.2) is 6.07 Å². The first-order chi connectivity index (χ1) is 15.9. The van der Waals surface area contributed by atoms with Crippen LogP contribution in [-0.4, -0.2) is 81.6 Å². The Morgan fingerprint density at radius 2 is 1.82 bits per heavy atom. The molecule has 0 radical (unpaired) electrons. The van der Waals surface area contributed by atoms with Crippen molar-refractivity contribution >= 4 is 17.7 Å². The highest BCUT2D eigenvalue weighted by molar-refractivity contribution is 6.01. The summed E-state index contributed by atoms with van der Waals surface area (Å²) < 4.78 is 1.53. The number of carbonyl (C=O) groups is 3. The van der Waals surface area contributed by atoms with Crippen molar-refractivity contribution in [3.8, 4) is 0 Å². The lowest BCUT2D eigenvalue weighted by Gasteiger charge is -2.43. The second kappa shape index (κ2) is 10.2. The summed E-state index contributed by atoms with van der Waals surface area (Å²) in [7, 11) is 0. The highest BCUT2D eigenvalue weighted by atomic mass is 16.2. The van der Waals surface area contributed by atoms with Crippen molar-refractivity contribution in [2.75, 3.05) is 32.7 Å². The number of hydrogen-bond donors (Lipinski definition) is 2. The van der Waals surface area contributed by atoms with Gasteiger partial charge >= 0.3 is 0 Å². The van der Waals surface area contributed by atoms with E-state index >= 15 is 0 Å². The van der Waals surface area contributed by atoms with Gasteiger partial charge in [0.25, 0.3) is 11.8 Å². The van der Waals surface area contributed by atoms with Crippen LogP contribution in [0.3, 0.4) is 0 Å². The molecule has 2 aliphatic heterocycles. The number of rotatable bonds is 7. The van der Waals surface area contributed by atoms with Crippen LogP contribution in [-0.2, 0) is 11.3 Å². The number of nitrogens with zero attached hydrogens (tertiary/aromatic N) is 4. The van der Waals surface area contributed by atoms with Crippen LogP contribution < -0.4 is 10.6 Å². The molecule has 3 aliphatic rings. The Morgan fingerprint density at radius 1 is 1.12 bits per heavy atom. The number of likely N-dealkylation sites (N-methyl/N-ethyl adjacent to an activating group) is 1. The number of amides is 3. The molecule has 1 saturated carbocycles. The maximum atomic E-state index is 13.2. The molecule has 4 rings (SSSR count). The molecule has 9 nitrogen and oxygen atoms in total. The van der Waals surface area contributed by atoms with Crippen molar-refractivity contribution in [2.45, 2.75) is 83.3 Å². The fourth-order valence-corrected chi connectivity index (χ4v) is 5.44. The third kappa shape index (κ3) is 5.08. The SMILES string of the molecule is CCN1C(=O)c2cc(C(=O)NCCN3CCCCCC3)nn2CC1(C)C(=O)NC1CCCC1. The number of aromatic nitrogens is 2. The molecule has 2 fully saturated rings. The Kier molecular flexibility index (Phi) is 7.36. The molecule has 1 atom stereocenters. The van der Waals surface area contributed by atoms with E-state index < -0.39 is 5.54 Å². The molecule has 3 amide bonds. The van der Waals surface area contributed by atoms with E-state index in [1.807, 2.05) is 6.92 Å². The van der Waals surface area contributed by atoms with Gasteiger partial charge in [-0.25, -0.2) is 0 Å². The van der Waals surface area contributed by atoms with Gasteiger partial charge in [-0.15, -0.1) is 0 Å². The van der Waals surface area contributed by atoms with Gasteiger partial charge in [0.05, 0.1) is 6.54 Å². The van der Waals surface area contributed by atoms with Crippen LogP contribution in [0.4, 0.5) is 0 Å². The Hall–Kier alpha value is -2.42. The molecule has 1 aromatic heterocycles. The normalized spacial score (nSPS) is 24.4. The molecule has 0 spiro atoms. The van der Waals surface area contributed by atoms with Crippen molar-refractivity contribution in [2.24, 2.45) is 0 Å². The number of likely N-dealkylation sites (tertiary alicyclic amines) is 1. The highest BCUT2D eigenvalue weighted by Crippen LogP contribution is 2.28. The summed E-state index contributed by atoms with van der Waals surface area (Å²) in [5.41, 5.74) is -0.445. The van der Waals surface area contributed by atoms with Crippen molar-refractivity contribution in [1.82, 2.24) is 30.2 Å². The molecular weight excluding hydrogens is 420 g/mol. The molecule has 2 N–H and O–H groups in total. The van der Waals surface area contributed by atoms with Gasteiger partial charge in [-0.3, -0.25) is 19.1 Å². The van der Waals surface area contributed by atoms with Gasteiger partial charge in [0.1, 0.15) is 11.2 Å². The standard InChI is InChI=1S/C24H38N6O3/c1-3-29-22(32)20-16-19(21(31)25-12-15-28-13-8-4-5-9-14-28)27-30(20)17-24(29,2)23(33)26-18-10-6-7-11-18/h16,18H,3-15,17H2,1-2H3,(H,25,31)(H,26,33). The first-order valence-corrected chi connectivity index (χ1v) is 12.6. The number of hydrogen-bond acceptors (Lipinski definition) is 5. The zero-order valence-corrected chi connectivity index (χ0v) is 20.1. The highest BCUT2D eigenvalue weighted by Gasteiger charge is 2.48. The van der Waals surface area contributed by atoms with Crippen molar-refractivity contribution in [3.63, 3.8) is 0 Å². The largest absolute Gasteiger partial charge is 0.351 e. The van der Waals surface area contributed by atoms with Gasteiger partial charge < -0.3 is 20.4 Å². The zero-order valence-electron chi connectivity index (χ0n) is 20.1. The van der Waals surface area contributed by atoms with Gasteiger partial charge in [0.15, 0.2) is 5.69 Å². The fourth-order valence-electron chi connectivity index (χ4n) is 5.44. The lowest BCUT2D eigenvalue weighted by molar-refractivity contribution is -0.133. The molecule has 1 aromatic rings. The number of carbonyl (C=O) groups excluding carboxylic acids is 3. The predicted molar refractivity (Wildman–Crippen MR) is 125 cm³/mol. The minimum atomic E-state index is -1.03. The summed E-state index contributed by atoms with van der Waals surface area (Å²) >= 11 is 0. The first kappa shape index (κ1) is 23.7. The molecule has 33 heavy (non-hydrogen) atoms. The Balaban J connectivity index is 1.42. The summed E-state index contributed by atoms with van der Waals surface area (Å²) in [6.45, 7) is 7.86. The lowest BCUT2D eigenvalue weighted by Crippen LogP contribution is -2.64. The van der Waals surface area contributed by atoms with E-state index in [0.717, 1.165) is 45.3 Å². The maximum Gasteiger partial charge on any atom is 0.273 e. The smallest absolute Gasteiger partial charge is 0.273 e. The molecule has 1 saturated heterocycles. The minimum absolute atomic E-state index is 0.144. The quantitative estimate of drug-likeness (QED) is 0.649. The van der Waals surface area contributed by atoms with Crippen molar-refractivity contribution < 1.29 is 14.4 Å². The van der Waals surface area contributed by atoms with Gasteiger partial charge in [0, 0.05) is 31.7 Å². The van der Waals surface area contributed by atoms with Gasteiger partial charge in [0.2, 0.25) is 5.91 Å². The summed E-state index contributed by atoms with van der Waals surface area (Å²) in [6.07, 6.45) is 9.20. The topological polar surface area (TPSA) is 99.6 Å². The molecule has 1 unspecified atom stereocenters. The Morgan fingerprint density at radius 3 is 2.48 bits per heavy atom. The molecule has 9 heteroatoms. The fraction of sp³-hybridized carbons (Fsp3) is 0.750. The summed E-state index contributed by atoms with van der Waals surface area (Å²) in [5, 5.41) is 10.5. The summed E-state index contributed by atoms with van der Waals surface area (Å²) in [4.78, 5) is 43.2. The van der Waals surface area contributed by atoms with E-state index in [9.17, 15) is 14.4 Å². The van der Waals surface area contributed by atoms with Crippen LogP contribution >= 0.6 is 0 Å². The average molecular weight is 459 g/mol. The van der Waals surface area contributed by atoms with Crippen LogP contribution in [0.5, 0.6) is 0 Å². The van der Waals surface area contributed by atoms with Crippen molar-refractivity contribution in [1.29, 1.82) is 0 Å². The van der Waals surface area contributed by atoms with Gasteiger partial charge in [-0.05, 0) is 52.6 Å². The van der Waals surface area contributed by atoms with E-state index in [2.05, 4.69) is 20.6 Å². The Labute approximate surface area is 196 Å². The number of nitrogens with one attached hydrogen (secondary N) is 2. The van der Waals surface area contributed by atoms with Gasteiger partial charge in [-0.2, -0.15) is 5.10 Å². The molecule has 182 valence electrons. The van der Waals surface area contributed by atoms with E-state index in [0.29, 0.717) is 18.8 Å². The lowest BCUT2D eigenvalue weighted by atomic mass is 9.94. The molecule has 0 bridgehead atoms. The third-order valence-electron chi connectivity index (χ3n) is 7.44. The molecule has 3 heterocycles. The van der Waals surface area contributed by atoms with Crippen LogP contribution in [0.2, 0.25) is 0 Å². The second-order valence-corrected chi connectivity index (χ2v) is 9.86. The third-order valence-corrected chi connectivity index (χ3v) is 7.44. The monoisotopic (exact) mass is 458 g/mol. The van der Waals surface area contributed by atoms with Crippen LogP contribution in [0.1, 0.15) is 86.2 Å². The van der Waals surface area contributed by atoms with Crippen LogP contribution in [0, 0.1) is 0 Å². The summed E-state index contributed by atoms with van der Waals surface area (Å²) in [6, 6.07) is 1.73. The summed E-state index contributed by atoms with van der Waals surface area (Å²) in [5.74, 6) is -0.683. The van der Waals surface area contributed by atoms with E-state index in [1.165, 1.54) is 30.4 Å². The molecule has 0 aromatic carbocycles. The second-order valence-electron chi connectivity index (χ2n) is 9.86. The average Bonchev–Trinajstić information content (AvgIpc) is 3.38. The first-order valence-electron chi connectivity index (χ1n) is 12.6. The van der Waals surface area contributed by atoms with Crippen LogP contribution in [0.25, 0.3) is 0 Å². The predicted octanol–water partition coefficient (Wildman–Crippen LogP) is 1.78. The Bertz CT molecular complexity index is 870. The molecular formula is C24H38N6O3. The number of fused-ring (bicyclic) bond motifs is 1. The zero-order chi connectivity index (χ0) is 23.4. The maximum absolute atomic E-state index is 13.2. The van der Waals surface area contributed by atoms with E-state index in [4.69, 9.17) is 0 Å². The van der Waals surface area contributed by atoms with E-state index in [-0.39, 0.29) is 36.0 Å². The minimum Gasteiger partial charge on any atom is -0.351 e. The van der Waals surface area contributed by atoms with Gasteiger partial charge in [-0.1, -0.05) is 25.7 Å². The van der Waals surface area contributed by atoms with E-state index in [1.54, 1.807) is 17.9 Å². The molecule has 1 aliphatic carbocycles.